The third-order valence-electron chi connectivity index (χ3n) is 2.97. The fourth-order valence-electron chi connectivity index (χ4n) is 2.01. The number of hydrogen-bond donors (Lipinski definition) is 0. The minimum Gasteiger partial charge on any atom is -0.236 e. The van der Waals surface area contributed by atoms with E-state index in [1.165, 1.54) is 0 Å². The van der Waals surface area contributed by atoms with E-state index in [9.17, 15) is 0 Å². The monoisotopic (exact) mass is 319 g/mol. The maximum Gasteiger partial charge on any atom is 0.125 e. The van der Waals surface area contributed by atoms with E-state index in [1.807, 2.05) is 54.6 Å². The van der Waals surface area contributed by atoms with Crippen LogP contribution >= 0.6 is 34.5 Å². The van der Waals surface area contributed by atoms with Crippen LogP contribution in [0.15, 0.2) is 54.6 Å². The fourth-order valence-corrected chi connectivity index (χ4v) is 3.56. The van der Waals surface area contributed by atoms with Gasteiger partial charge in [0.2, 0.25) is 0 Å². The van der Waals surface area contributed by atoms with Crippen LogP contribution in [0, 0.1) is 0 Å². The number of alkyl halides is 1. The third kappa shape index (κ3) is 2.59. The Hall–Kier alpha value is -1.35. The average Bonchev–Trinajstić information content (AvgIpc) is 2.92. The highest BCUT2D eigenvalue weighted by Gasteiger charge is 2.14. The van der Waals surface area contributed by atoms with Gasteiger partial charge >= 0.3 is 0 Å². The van der Waals surface area contributed by atoms with Crippen LogP contribution in [0.3, 0.4) is 0 Å². The van der Waals surface area contributed by atoms with Gasteiger partial charge in [-0.05, 0) is 6.07 Å². The molecule has 0 amide bonds. The Morgan fingerprint density at radius 2 is 1.65 bits per heavy atom. The van der Waals surface area contributed by atoms with Crippen LogP contribution in [0.25, 0.3) is 21.8 Å². The van der Waals surface area contributed by atoms with Crippen LogP contribution < -0.4 is 0 Å². The Bertz CT molecular complexity index is 722. The highest BCUT2D eigenvalue weighted by molar-refractivity contribution is 7.15. The van der Waals surface area contributed by atoms with Gasteiger partial charge in [0.1, 0.15) is 5.01 Å². The van der Waals surface area contributed by atoms with E-state index in [1.54, 1.807) is 11.3 Å². The molecule has 0 saturated carbocycles. The van der Waals surface area contributed by atoms with Gasteiger partial charge in [0.15, 0.2) is 0 Å². The van der Waals surface area contributed by atoms with Gasteiger partial charge in [-0.1, -0.05) is 60.1 Å². The zero-order valence-electron chi connectivity index (χ0n) is 10.5. The van der Waals surface area contributed by atoms with Gasteiger partial charge in [-0.2, -0.15) is 0 Å². The Balaban J connectivity index is 2.13. The third-order valence-corrected chi connectivity index (χ3v) is 4.81. The van der Waals surface area contributed by atoms with Crippen LogP contribution in [0.2, 0.25) is 5.02 Å². The molecule has 0 bridgehead atoms. The lowest BCUT2D eigenvalue weighted by atomic mass is 10.1. The van der Waals surface area contributed by atoms with Gasteiger partial charge in [0.05, 0.1) is 16.6 Å². The summed E-state index contributed by atoms with van der Waals surface area (Å²) in [6.45, 7) is 0. The molecule has 1 heterocycles. The van der Waals surface area contributed by atoms with E-state index in [2.05, 4.69) is 0 Å². The number of benzene rings is 2. The molecule has 0 fully saturated rings. The number of halogens is 2. The summed E-state index contributed by atoms with van der Waals surface area (Å²) in [5, 5.41) is 1.62. The molecule has 0 aliphatic rings. The lowest BCUT2D eigenvalue weighted by Gasteiger charge is -1.99. The summed E-state index contributed by atoms with van der Waals surface area (Å²) in [6, 6.07) is 17.8. The zero-order valence-corrected chi connectivity index (χ0v) is 12.8. The number of nitrogens with zero attached hydrogens (tertiary/aromatic N) is 1. The van der Waals surface area contributed by atoms with Crippen molar-refractivity contribution in [2.45, 2.75) is 5.88 Å². The van der Waals surface area contributed by atoms with Crippen molar-refractivity contribution in [3.63, 3.8) is 0 Å². The second-order valence-corrected chi connectivity index (χ2v) is 6.03. The van der Waals surface area contributed by atoms with Gasteiger partial charge in [-0.25, -0.2) is 4.98 Å². The summed E-state index contributed by atoms with van der Waals surface area (Å²) >= 11 is 13.9. The molecular formula is C16H11Cl2NS. The molecule has 1 aromatic heterocycles. The van der Waals surface area contributed by atoms with E-state index in [-0.39, 0.29) is 0 Å². The molecule has 2 aromatic carbocycles. The van der Waals surface area contributed by atoms with E-state index in [0.29, 0.717) is 10.9 Å². The Morgan fingerprint density at radius 1 is 0.950 bits per heavy atom. The van der Waals surface area contributed by atoms with Crippen LogP contribution in [0.4, 0.5) is 0 Å². The number of rotatable bonds is 3. The standard InChI is InChI=1S/C16H11Cl2NS/c17-10-14-15(11-6-2-1-3-7-11)19-16(20-14)12-8-4-5-9-13(12)18/h1-9H,10H2. The first kappa shape index (κ1) is 13.6. The summed E-state index contributed by atoms with van der Waals surface area (Å²) < 4.78 is 0. The van der Waals surface area contributed by atoms with Crippen LogP contribution in [-0.2, 0) is 5.88 Å². The number of aromatic nitrogens is 1. The van der Waals surface area contributed by atoms with Crippen LogP contribution in [-0.4, -0.2) is 4.98 Å². The summed E-state index contributed by atoms with van der Waals surface area (Å²) in [4.78, 5) is 5.79. The molecule has 0 spiro atoms. The Labute approximate surface area is 131 Å². The quantitative estimate of drug-likeness (QED) is 0.550. The first-order valence-corrected chi connectivity index (χ1v) is 7.88. The highest BCUT2D eigenvalue weighted by Crippen LogP contribution is 2.37. The van der Waals surface area contributed by atoms with Crippen molar-refractivity contribution >= 4 is 34.5 Å². The van der Waals surface area contributed by atoms with Crippen molar-refractivity contribution in [2.75, 3.05) is 0 Å². The Kier molecular flexibility index (Phi) is 4.06. The molecular weight excluding hydrogens is 309 g/mol. The largest absolute Gasteiger partial charge is 0.236 e. The first-order chi connectivity index (χ1) is 9.79. The molecule has 0 radical (unpaired) electrons. The molecule has 1 nitrogen and oxygen atoms in total. The fraction of sp³-hybridized carbons (Fsp3) is 0.0625. The lowest BCUT2D eigenvalue weighted by molar-refractivity contribution is 1.35. The molecule has 20 heavy (non-hydrogen) atoms. The summed E-state index contributed by atoms with van der Waals surface area (Å²) in [6.07, 6.45) is 0. The predicted molar refractivity (Wildman–Crippen MR) is 87.6 cm³/mol. The van der Waals surface area contributed by atoms with E-state index < -0.39 is 0 Å². The molecule has 0 atom stereocenters. The van der Waals surface area contributed by atoms with Crippen molar-refractivity contribution in [1.82, 2.24) is 4.98 Å². The van der Waals surface area contributed by atoms with Crippen molar-refractivity contribution < 1.29 is 0 Å². The molecule has 0 aliphatic carbocycles. The van der Waals surface area contributed by atoms with E-state index >= 15 is 0 Å². The molecule has 3 aromatic rings. The van der Waals surface area contributed by atoms with Gasteiger partial charge in [-0.3, -0.25) is 0 Å². The van der Waals surface area contributed by atoms with Crippen molar-refractivity contribution in [1.29, 1.82) is 0 Å². The molecule has 0 N–H and O–H groups in total. The van der Waals surface area contributed by atoms with Crippen LogP contribution in [0.1, 0.15) is 4.88 Å². The van der Waals surface area contributed by atoms with Crippen molar-refractivity contribution in [3.8, 4) is 21.8 Å². The van der Waals surface area contributed by atoms with Crippen molar-refractivity contribution in [3.05, 3.63) is 64.5 Å². The highest BCUT2D eigenvalue weighted by atomic mass is 35.5. The van der Waals surface area contributed by atoms with Gasteiger partial charge in [-0.15, -0.1) is 22.9 Å². The summed E-state index contributed by atoms with van der Waals surface area (Å²) in [5.41, 5.74) is 2.98. The minimum atomic E-state index is 0.451. The van der Waals surface area contributed by atoms with Gasteiger partial charge in [0, 0.05) is 16.0 Å². The lowest BCUT2D eigenvalue weighted by Crippen LogP contribution is -1.82. The minimum absolute atomic E-state index is 0.451. The smallest absolute Gasteiger partial charge is 0.125 e. The van der Waals surface area contributed by atoms with Gasteiger partial charge < -0.3 is 0 Å². The normalized spacial score (nSPS) is 10.7. The molecule has 0 unspecified atom stereocenters. The average molecular weight is 320 g/mol. The summed E-state index contributed by atoms with van der Waals surface area (Å²) in [5.74, 6) is 0.451. The molecule has 3 rings (SSSR count). The van der Waals surface area contributed by atoms with Crippen LogP contribution in [0.5, 0.6) is 0 Å². The molecule has 4 heteroatoms. The van der Waals surface area contributed by atoms with Crippen molar-refractivity contribution in [2.24, 2.45) is 0 Å². The second-order valence-electron chi connectivity index (χ2n) is 4.27. The molecule has 0 saturated heterocycles. The second kappa shape index (κ2) is 5.96. The van der Waals surface area contributed by atoms with Gasteiger partial charge in [0.25, 0.3) is 0 Å². The van der Waals surface area contributed by atoms with E-state index in [4.69, 9.17) is 28.2 Å². The maximum absolute atomic E-state index is 6.24. The number of hydrogen-bond acceptors (Lipinski definition) is 2. The molecule has 0 aliphatic heterocycles. The number of thiazole rings is 1. The molecule has 100 valence electrons. The first-order valence-electron chi connectivity index (χ1n) is 6.15. The topological polar surface area (TPSA) is 12.9 Å². The zero-order chi connectivity index (χ0) is 13.9. The predicted octanol–water partition coefficient (Wildman–Crippen LogP) is 5.87. The SMILES string of the molecule is ClCc1sc(-c2ccccc2Cl)nc1-c1ccccc1. The maximum atomic E-state index is 6.24. The Morgan fingerprint density at radius 3 is 2.35 bits per heavy atom. The van der Waals surface area contributed by atoms with E-state index in [0.717, 1.165) is 26.7 Å². The summed E-state index contributed by atoms with van der Waals surface area (Å²) in [7, 11) is 0.